The van der Waals surface area contributed by atoms with Gasteiger partial charge in [0.05, 0.1) is 6.04 Å². The van der Waals surface area contributed by atoms with Crippen LogP contribution in [-0.2, 0) is 13.0 Å². The molecule has 1 aliphatic heterocycles. The summed E-state index contributed by atoms with van der Waals surface area (Å²) in [7, 11) is 0. The monoisotopic (exact) mass is 399 g/mol. The third kappa shape index (κ3) is 3.77. The van der Waals surface area contributed by atoms with Gasteiger partial charge in [0.2, 0.25) is 0 Å². The van der Waals surface area contributed by atoms with Crippen molar-refractivity contribution in [1.82, 2.24) is 19.7 Å². The van der Waals surface area contributed by atoms with Gasteiger partial charge in [-0.25, -0.2) is 4.79 Å². The van der Waals surface area contributed by atoms with Gasteiger partial charge in [-0.3, -0.25) is 0 Å². The summed E-state index contributed by atoms with van der Waals surface area (Å²) in [6.45, 7) is 3.52. The number of nitrogens with one attached hydrogen (secondary N) is 1. The highest BCUT2D eigenvalue weighted by Gasteiger charge is 2.33. The Morgan fingerprint density at radius 2 is 1.93 bits per heavy atom. The molecule has 28 heavy (non-hydrogen) atoms. The van der Waals surface area contributed by atoms with E-state index in [1.165, 1.54) is 31.2 Å². The van der Waals surface area contributed by atoms with Gasteiger partial charge in [0.15, 0.2) is 5.82 Å². The van der Waals surface area contributed by atoms with Crippen LogP contribution in [0.4, 0.5) is 10.5 Å². The van der Waals surface area contributed by atoms with Crippen molar-refractivity contribution in [2.24, 2.45) is 0 Å². The summed E-state index contributed by atoms with van der Waals surface area (Å²) in [5, 5.41) is 12.1. The van der Waals surface area contributed by atoms with Crippen molar-refractivity contribution in [3.63, 3.8) is 0 Å². The number of nitrogens with zero attached hydrogens (tertiary/aromatic N) is 4. The lowest BCUT2D eigenvalue weighted by atomic mass is 10.1. The minimum Gasteiger partial charge on any atom is -0.313 e. The minimum absolute atomic E-state index is 0.0548. The number of aromatic nitrogens is 3. The van der Waals surface area contributed by atoms with Crippen molar-refractivity contribution < 1.29 is 4.79 Å². The first-order valence-corrected chi connectivity index (χ1v) is 11.7. The number of carbonyl (C=O) groups is 1. The molecule has 1 aromatic heterocycles. The highest BCUT2D eigenvalue weighted by molar-refractivity contribution is 7.98. The number of urea groups is 1. The van der Waals surface area contributed by atoms with Crippen LogP contribution in [0.3, 0.4) is 0 Å². The van der Waals surface area contributed by atoms with Gasteiger partial charge >= 0.3 is 6.03 Å². The quantitative estimate of drug-likeness (QED) is 0.807. The zero-order valence-electron chi connectivity index (χ0n) is 16.7. The van der Waals surface area contributed by atoms with Crippen LogP contribution < -0.4 is 5.32 Å². The van der Waals surface area contributed by atoms with E-state index in [0.29, 0.717) is 12.5 Å². The zero-order chi connectivity index (χ0) is 19.5. The van der Waals surface area contributed by atoms with Crippen LogP contribution in [0.2, 0.25) is 0 Å². The first kappa shape index (κ1) is 19.3. The number of thioether (sulfide) groups is 1. The predicted molar refractivity (Wildman–Crippen MR) is 114 cm³/mol. The summed E-state index contributed by atoms with van der Waals surface area (Å²) in [6.07, 6.45) is 8.05. The molecule has 2 aliphatic rings. The lowest BCUT2D eigenvalue weighted by Gasteiger charge is -2.34. The highest BCUT2D eigenvalue weighted by atomic mass is 32.2. The molecule has 2 amide bonds. The Morgan fingerprint density at radius 3 is 2.71 bits per heavy atom. The van der Waals surface area contributed by atoms with Crippen LogP contribution in [0.1, 0.15) is 61.8 Å². The lowest BCUT2D eigenvalue weighted by molar-refractivity contribution is 0.171. The summed E-state index contributed by atoms with van der Waals surface area (Å²) in [6, 6.07) is 7.96. The highest BCUT2D eigenvalue weighted by Crippen LogP contribution is 2.35. The predicted octanol–water partition coefficient (Wildman–Crippen LogP) is 4.45. The molecule has 1 saturated carbocycles. The molecule has 2 aromatic rings. The smallest absolute Gasteiger partial charge is 0.313 e. The molecule has 1 fully saturated rings. The van der Waals surface area contributed by atoms with Gasteiger partial charge in [-0.2, -0.15) is 11.8 Å². The molecule has 0 spiro atoms. The van der Waals surface area contributed by atoms with E-state index >= 15 is 0 Å². The van der Waals surface area contributed by atoms with Gasteiger partial charge in [-0.15, -0.1) is 10.2 Å². The molecule has 0 bridgehead atoms. The molecular weight excluding hydrogens is 370 g/mol. The third-order valence-corrected chi connectivity index (χ3v) is 6.64. The number of carbonyl (C=O) groups excluding carboxylic acids is 1. The number of para-hydroxylation sites is 1. The number of rotatable bonds is 5. The van der Waals surface area contributed by atoms with Gasteiger partial charge < -0.3 is 14.8 Å². The zero-order valence-corrected chi connectivity index (χ0v) is 17.5. The summed E-state index contributed by atoms with van der Waals surface area (Å²) < 4.78 is 2.26. The van der Waals surface area contributed by atoms with E-state index in [0.717, 1.165) is 36.1 Å². The molecule has 2 heterocycles. The van der Waals surface area contributed by atoms with Gasteiger partial charge in [0.1, 0.15) is 5.82 Å². The van der Waals surface area contributed by atoms with E-state index in [1.807, 2.05) is 34.9 Å². The fourth-order valence-corrected chi connectivity index (χ4v) is 4.85. The Hall–Kier alpha value is -2.02. The summed E-state index contributed by atoms with van der Waals surface area (Å²) in [5.74, 6) is 3.62. The largest absolute Gasteiger partial charge is 0.322 e. The van der Waals surface area contributed by atoms with Crippen molar-refractivity contribution in [2.45, 2.75) is 57.5 Å². The van der Waals surface area contributed by atoms with E-state index in [1.54, 1.807) is 0 Å². The summed E-state index contributed by atoms with van der Waals surface area (Å²) in [4.78, 5) is 14.9. The molecular formula is C21H29N5OS. The molecule has 6 nitrogen and oxygen atoms in total. The third-order valence-electron chi connectivity index (χ3n) is 6.03. The maximum Gasteiger partial charge on any atom is 0.322 e. The molecule has 0 saturated heterocycles. The standard InChI is InChI=1S/C21H29N5OS/c1-15-19-23-24-20(17-8-3-4-9-17)26(19)13-12-25(15)21(27)22-18-10-6-5-7-16(18)11-14-28-2/h5-7,10,15,17H,3-4,8-9,11-14H2,1-2H3,(H,22,27). The Bertz CT molecular complexity index is 830. The number of hydrogen-bond acceptors (Lipinski definition) is 4. The van der Waals surface area contributed by atoms with Crippen LogP contribution in [0.15, 0.2) is 24.3 Å². The van der Waals surface area contributed by atoms with Gasteiger partial charge in [-0.1, -0.05) is 31.0 Å². The Balaban J connectivity index is 1.48. The summed E-state index contributed by atoms with van der Waals surface area (Å²) >= 11 is 1.82. The Morgan fingerprint density at radius 1 is 1.18 bits per heavy atom. The SMILES string of the molecule is CSCCc1ccccc1NC(=O)N1CCn2c(C3CCCC3)nnc2C1C. The summed E-state index contributed by atoms with van der Waals surface area (Å²) in [5.41, 5.74) is 2.09. The van der Waals surface area contributed by atoms with E-state index in [4.69, 9.17) is 0 Å². The van der Waals surface area contributed by atoms with E-state index < -0.39 is 0 Å². The van der Waals surface area contributed by atoms with Crippen molar-refractivity contribution in [2.75, 3.05) is 23.9 Å². The second kappa shape index (κ2) is 8.55. The van der Waals surface area contributed by atoms with Crippen LogP contribution in [0, 0.1) is 0 Å². The van der Waals surface area contributed by atoms with Gasteiger partial charge in [0, 0.05) is 24.7 Å². The maximum absolute atomic E-state index is 13.0. The second-order valence-electron chi connectivity index (χ2n) is 7.75. The molecule has 1 aromatic carbocycles. The Labute approximate surface area is 171 Å². The van der Waals surface area contributed by atoms with Crippen molar-refractivity contribution in [3.8, 4) is 0 Å². The van der Waals surface area contributed by atoms with Crippen molar-refractivity contribution >= 4 is 23.5 Å². The molecule has 1 aliphatic carbocycles. The van der Waals surface area contributed by atoms with Gasteiger partial charge in [-0.05, 0) is 49.8 Å². The van der Waals surface area contributed by atoms with E-state index in [9.17, 15) is 4.79 Å². The lowest BCUT2D eigenvalue weighted by Crippen LogP contribution is -2.43. The van der Waals surface area contributed by atoms with Crippen LogP contribution >= 0.6 is 11.8 Å². The molecule has 0 radical (unpaired) electrons. The van der Waals surface area contributed by atoms with Crippen molar-refractivity contribution in [3.05, 3.63) is 41.5 Å². The van der Waals surface area contributed by atoms with Crippen LogP contribution in [0.25, 0.3) is 0 Å². The average molecular weight is 400 g/mol. The molecule has 150 valence electrons. The first-order valence-electron chi connectivity index (χ1n) is 10.3. The molecule has 7 heteroatoms. The fraction of sp³-hybridized carbons (Fsp3) is 0.571. The van der Waals surface area contributed by atoms with E-state index in [-0.39, 0.29) is 12.1 Å². The Kier molecular flexibility index (Phi) is 5.90. The topological polar surface area (TPSA) is 63.1 Å². The molecule has 4 rings (SSSR count). The first-order chi connectivity index (χ1) is 13.7. The van der Waals surface area contributed by atoms with Crippen LogP contribution in [0.5, 0.6) is 0 Å². The van der Waals surface area contributed by atoms with Gasteiger partial charge in [0.25, 0.3) is 0 Å². The minimum atomic E-state index is -0.0743. The second-order valence-corrected chi connectivity index (χ2v) is 8.73. The molecule has 1 unspecified atom stereocenters. The number of benzene rings is 1. The number of anilines is 1. The average Bonchev–Trinajstić information content (AvgIpc) is 3.37. The number of amides is 2. The molecule has 1 N–H and O–H groups in total. The van der Waals surface area contributed by atoms with Crippen molar-refractivity contribution in [1.29, 1.82) is 0 Å². The normalized spacial score (nSPS) is 19.6. The number of aryl methyl sites for hydroxylation is 1. The number of fused-ring (bicyclic) bond motifs is 1. The maximum atomic E-state index is 13.0. The number of hydrogen-bond donors (Lipinski definition) is 1. The van der Waals surface area contributed by atoms with Crippen LogP contribution in [-0.4, -0.2) is 44.2 Å². The molecule has 1 atom stereocenters. The van der Waals surface area contributed by atoms with E-state index in [2.05, 4.69) is 39.3 Å². The fourth-order valence-electron chi connectivity index (χ4n) is 4.43.